The van der Waals surface area contributed by atoms with Gasteiger partial charge in [0.15, 0.2) is 0 Å². The molecule has 5 nitrogen and oxygen atoms in total. The van der Waals surface area contributed by atoms with Crippen LogP contribution in [0.15, 0.2) is 0 Å². The molecule has 0 bridgehead atoms. The lowest BCUT2D eigenvalue weighted by molar-refractivity contribution is -0.119. The van der Waals surface area contributed by atoms with Crippen LogP contribution in [0.5, 0.6) is 0 Å². The van der Waals surface area contributed by atoms with E-state index in [4.69, 9.17) is 0 Å². The Balaban J connectivity index is 2.36. The fourth-order valence-corrected chi connectivity index (χ4v) is 4.01. The molecule has 1 atom stereocenters. The molecule has 0 aromatic heterocycles. The second kappa shape index (κ2) is 4.01. The highest BCUT2D eigenvalue weighted by molar-refractivity contribution is 7.98. The van der Waals surface area contributed by atoms with Crippen LogP contribution in [0.3, 0.4) is 0 Å². The Hall–Kier alpha value is -0.590. The third kappa shape index (κ3) is 1.85. The van der Waals surface area contributed by atoms with E-state index in [-0.39, 0.29) is 18.1 Å². The van der Waals surface area contributed by atoms with Gasteiger partial charge in [0.2, 0.25) is 5.91 Å². The first-order valence-corrected chi connectivity index (χ1v) is 7.57. The minimum absolute atomic E-state index is 0.0154. The normalized spacial score (nSPS) is 28.8. The summed E-state index contributed by atoms with van der Waals surface area (Å²) in [5, 5.41) is 7.97. The molecule has 2 saturated heterocycles. The lowest BCUT2D eigenvalue weighted by Gasteiger charge is -2.41. The molecule has 2 heterocycles. The summed E-state index contributed by atoms with van der Waals surface area (Å²) in [5.41, 5.74) is -0.388. The lowest BCUT2D eigenvalue weighted by atomic mass is 9.99. The Kier molecular flexibility index (Phi) is 2.98. The number of amides is 1. The highest BCUT2D eigenvalue weighted by Gasteiger charge is 2.47. The van der Waals surface area contributed by atoms with Gasteiger partial charge in [-0.15, -0.1) is 0 Å². The molecule has 1 unspecified atom stereocenters. The summed E-state index contributed by atoms with van der Waals surface area (Å²) < 4.78 is 14.3. The van der Waals surface area contributed by atoms with Gasteiger partial charge >= 0.3 is 0 Å². The minimum atomic E-state index is -2.19. The molecule has 0 saturated carbocycles. The molecule has 2 fully saturated rings. The van der Waals surface area contributed by atoms with E-state index in [1.165, 1.54) is 0 Å². The van der Waals surface area contributed by atoms with Gasteiger partial charge in [-0.1, -0.05) is 0 Å². The first-order valence-electron chi connectivity index (χ1n) is 5.58. The monoisotopic (exact) mass is 245 g/mol. The Morgan fingerprint density at radius 1 is 1.44 bits per heavy atom. The van der Waals surface area contributed by atoms with Crippen LogP contribution in [-0.2, 0) is 14.5 Å². The zero-order valence-electron chi connectivity index (χ0n) is 9.78. The SMILES string of the molecule is CC=S(C)(=O)N1CC(=O)NC12CCNCC2. The average molecular weight is 245 g/mol. The van der Waals surface area contributed by atoms with Crippen molar-refractivity contribution in [2.45, 2.75) is 25.4 Å². The molecule has 0 aromatic rings. The predicted molar refractivity (Wildman–Crippen MR) is 65.5 cm³/mol. The van der Waals surface area contributed by atoms with Gasteiger partial charge in [-0.2, -0.15) is 4.31 Å². The largest absolute Gasteiger partial charge is 0.336 e. The van der Waals surface area contributed by atoms with Gasteiger partial charge in [0.1, 0.15) is 5.66 Å². The van der Waals surface area contributed by atoms with Crippen LogP contribution in [0.1, 0.15) is 19.8 Å². The van der Waals surface area contributed by atoms with Gasteiger partial charge in [-0.05, 0) is 38.2 Å². The fourth-order valence-electron chi connectivity index (χ4n) is 2.46. The van der Waals surface area contributed by atoms with Crippen molar-refractivity contribution in [1.82, 2.24) is 14.9 Å². The Morgan fingerprint density at radius 3 is 2.62 bits per heavy atom. The third-order valence-electron chi connectivity index (χ3n) is 3.44. The number of carbonyl (C=O) groups is 1. The summed E-state index contributed by atoms with van der Waals surface area (Å²) in [6, 6.07) is 0. The molecule has 1 amide bonds. The van der Waals surface area contributed by atoms with Gasteiger partial charge in [-0.25, -0.2) is 0 Å². The van der Waals surface area contributed by atoms with E-state index < -0.39 is 9.71 Å². The van der Waals surface area contributed by atoms with Gasteiger partial charge in [0.25, 0.3) is 0 Å². The molecule has 6 heteroatoms. The molecule has 2 N–H and O–H groups in total. The number of hydrogen-bond acceptors (Lipinski definition) is 3. The number of nitrogens with zero attached hydrogens (tertiary/aromatic N) is 1. The van der Waals surface area contributed by atoms with Gasteiger partial charge in [0.05, 0.1) is 6.54 Å². The van der Waals surface area contributed by atoms with Crippen LogP contribution in [0.2, 0.25) is 0 Å². The summed E-state index contributed by atoms with van der Waals surface area (Å²) in [6.45, 7) is 3.76. The number of hydrogen-bond donors (Lipinski definition) is 2. The maximum atomic E-state index is 12.4. The lowest BCUT2D eigenvalue weighted by Crippen LogP contribution is -2.59. The summed E-state index contributed by atoms with van der Waals surface area (Å²) in [6.07, 6.45) is 3.34. The average Bonchev–Trinajstić information content (AvgIpc) is 2.57. The standard InChI is InChI=1S/C10H19N3O2S/c1-3-16(2,15)13-8-9(14)12-10(13)4-6-11-7-5-10/h3,11H,4-8H2,1-2H3,(H,12,14). The summed E-state index contributed by atoms with van der Waals surface area (Å²) in [4.78, 5) is 11.6. The van der Waals surface area contributed by atoms with Crippen LogP contribution in [0.25, 0.3) is 0 Å². The molecule has 2 aliphatic heterocycles. The van der Waals surface area contributed by atoms with E-state index in [9.17, 15) is 9.00 Å². The Bertz CT molecular complexity index is 406. The predicted octanol–water partition coefficient (Wildman–Crippen LogP) is -0.851. The van der Waals surface area contributed by atoms with Crippen molar-refractivity contribution in [3.05, 3.63) is 0 Å². The van der Waals surface area contributed by atoms with Crippen LogP contribution in [0, 0.1) is 0 Å². The van der Waals surface area contributed by atoms with Crippen LogP contribution >= 0.6 is 0 Å². The molecule has 92 valence electrons. The quantitative estimate of drug-likeness (QED) is 0.592. The van der Waals surface area contributed by atoms with Crippen molar-refractivity contribution in [1.29, 1.82) is 0 Å². The number of rotatable bonds is 1. The van der Waals surface area contributed by atoms with Gasteiger partial charge in [-0.3, -0.25) is 9.00 Å². The highest BCUT2D eigenvalue weighted by Crippen LogP contribution is 2.29. The molecule has 0 radical (unpaired) electrons. The van der Waals surface area contributed by atoms with Crippen molar-refractivity contribution in [2.75, 3.05) is 25.9 Å². The smallest absolute Gasteiger partial charge is 0.236 e. The van der Waals surface area contributed by atoms with Gasteiger partial charge < -0.3 is 10.6 Å². The van der Waals surface area contributed by atoms with E-state index in [0.29, 0.717) is 0 Å². The van der Waals surface area contributed by atoms with Gasteiger partial charge in [0, 0.05) is 16.0 Å². The Labute approximate surface area is 96.7 Å². The molecule has 16 heavy (non-hydrogen) atoms. The fraction of sp³-hybridized carbons (Fsp3) is 0.800. The van der Waals surface area contributed by atoms with E-state index in [1.807, 2.05) is 4.31 Å². The van der Waals surface area contributed by atoms with Crippen molar-refractivity contribution >= 4 is 21.0 Å². The second-order valence-electron chi connectivity index (χ2n) is 4.46. The zero-order valence-corrected chi connectivity index (χ0v) is 10.6. The summed E-state index contributed by atoms with van der Waals surface area (Å²) in [7, 11) is -2.19. The molecule has 1 spiro atoms. The summed E-state index contributed by atoms with van der Waals surface area (Å²) in [5.74, 6) is -0.0154. The van der Waals surface area contributed by atoms with E-state index in [0.717, 1.165) is 25.9 Å². The second-order valence-corrected chi connectivity index (χ2v) is 7.10. The van der Waals surface area contributed by atoms with Crippen molar-refractivity contribution in [3.8, 4) is 0 Å². The highest BCUT2D eigenvalue weighted by atomic mass is 32.2. The third-order valence-corrected chi connectivity index (χ3v) is 5.67. The first kappa shape index (κ1) is 11.9. The zero-order chi connectivity index (χ0) is 11.8. The molecule has 2 rings (SSSR count). The number of piperidine rings is 1. The minimum Gasteiger partial charge on any atom is -0.336 e. The number of carbonyl (C=O) groups excluding carboxylic acids is 1. The topological polar surface area (TPSA) is 61.4 Å². The first-order chi connectivity index (χ1) is 7.50. The molecule has 0 aromatic carbocycles. The Morgan fingerprint density at radius 2 is 2.06 bits per heavy atom. The molecule has 2 aliphatic rings. The van der Waals surface area contributed by atoms with Crippen molar-refractivity contribution in [2.24, 2.45) is 0 Å². The molecular weight excluding hydrogens is 226 g/mol. The summed E-state index contributed by atoms with van der Waals surface area (Å²) >= 11 is 0. The van der Waals surface area contributed by atoms with E-state index in [2.05, 4.69) is 10.6 Å². The van der Waals surface area contributed by atoms with Crippen LogP contribution in [-0.4, -0.2) is 51.3 Å². The maximum absolute atomic E-state index is 12.4. The van der Waals surface area contributed by atoms with E-state index in [1.54, 1.807) is 18.5 Å². The van der Waals surface area contributed by atoms with E-state index >= 15 is 0 Å². The van der Waals surface area contributed by atoms with Crippen molar-refractivity contribution in [3.63, 3.8) is 0 Å². The van der Waals surface area contributed by atoms with Crippen LogP contribution in [0.4, 0.5) is 0 Å². The van der Waals surface area contributed by atoms with Crippen molar-refractivity contribution < 1.29 is 9.00 Å². The number of nitrogens with one attached hydrogen (secondary N) is 2. The maximum Gasteiger partial charge on any atom is 0.236 e. The van der Waals surface area contributed by atoms with Crippen LogP contribution < -0.4 is 10.6 Å². The molecular formula is C10H19N3O2S. The molecule has 0 aliphatic carbocycles.